The van der Waals surface area contributed by atoms with Gasteiger partial charge >= 0.3 is 0 Å². The molecule has 0 atom stereocenters. The third-order valence-corrected chi connectivity index (χ3v) is 6.85. The highest BCUT2D eigenvalue weighted by molar-refractivity contribution is 5.87. The maximum absolute atomic E-state index is 13.5. The zero-order valence-corrected chi connectivity index (χ0v) is 26.7. The number of likely N-dealkylation sites (N-methyl/N-ethyl adjacent to an activating group) is 1. The number of rotatable bonds is 11. The molecule has 0 saturated carbocycles. The summed E-state index contributed by atoms with van der Waals surface area (Å²) in [6.45, 7) is 8.95. The minimum Gasteiger partial charge on any atom is -0.353 e. The van der Waals surface area contributed by atoms with Crippen LogP contribution in [-0.2, 0) is 29.7 Å². The minimum absolute atomic E-state index is 0. The van der Waals surface area contributed by atoms with Crippen LogP contribution in [0.3, 0.4) is 0 Å². The van der Waals surface area contributed by atoms with Crippen LogP contribution in [0.4, 0.5) is 5.69 Å². The van der Waals surface area contributed by atoms with Crippen molar-refractivity contribution in [3.8, 4) is 11.1 Å². The van der Waals surface area contributed by atoms with Crippen LogP contribution in [0.15, 0.2) is 54.9 Å². The van der Waals surface area contributed by atoms with E-state index in [2.05, 4.69) is 47.8 Å². The van der Waals surface area contributed by atoms with E-state index in [1.807, 2.05) is 67.6 Å². The van der Waals surface area contributed by atoms with Crippen molar-refractivity contribution in [3.63, 3.8) is 0 Å². The maximum atomic E-state index is 13.5. The molecule has 2 N–H and O–H groups in total. The molecule has 2 heterocycles. The Morgan fingerprint density at radius 3 is 2.20 bits per heavy atom. The first-order valence-electron chi connectivity index (χ1n) is 13.1. The molecule has 1 aliphatic heterocycles. The molecule has 226 valence electrons. The van der Waals surface area contributed by atoms with Crippen LogP contribution in [0.2, 0.25) is 0 Å². The van der Waals surface area contributed by atoms with Gasteiger partial charge in [-0.1, -0.05) is 44.2 Å². The van der Waals surface area contributed by atoms with Crippen LogP contribution in [0.25, 0.3) is 11.1 Å². The molecule has 41 heavy (non-hydrogen) atoms. The first kappa shape index (κ1) is 36.2. The Kier molecular flexibility index (Phi) is 14.6. The van der Waals surface area contributed by atoms with E-state index in [1.165, 1.54) is 11.1 Å². The number of nitrogens with one attached hydrogen (secondary N) is 2. The van der Waals surface area contributed by atoms with E-state index >= 15 is 0 Å². The van der Waals surface area contributed by atoms with E-state index in [1.54, 1.807) is 9.69 Å². The van der Waals surface area contributed by atoms with Crippen molar-refractivity contribution in [2.24, 2.45) is 7.05 Å². The van der Waals surface area contributed by atoms with Crippen molar-refractivity contribution < 1.29 is 9.59 Å². The lowest BCUT2D eigenvalue weighted by atomic mass is 10.0. The summed E-state index contributed by atoms with van der Waals surface area (Å²) in [7, 11) is 3.70. The van der Waals surface area contributed by atoms with E-state index in [9.17, 15) is 9.59 Å². The first-order valence-corrected chi connectivity index (χ1v) is 13.1. The van der Waals surface area contributed by atoms with E-state index in [-0.39, 0.29) is 62.1 Å². The lowest BCUT2D eigenvalue weighted by Crippen LogP contribution is -2.48. The molecular formula is C29H42Cl3N7O2. The van der Waals surface area contributed by atoms with Crippen LogP contribution in [0.1, 0.15) is 30.5 Å². The van der Waals surface area contributed by atoms with Gasteiger partial charge in [-0.25, -0.2) is 5.01 Å². The Morgan fingerprint density at radius 2 is 1.63 bits per heavy atom. The molecule has 0 spiro atoms. The number of hydrazine groups is 1. The Morgan fingerprint density at radius 1 is 0.976 bits per heavy atom. The van der Waals surface area contributed by atoms with Gasteiger partial charge in [0, 0.05) is 63.8 Å². The largest absolute Gasteiger partial charge is 0.353 e. The second-order valence-corrected chi connectivity index (χ2v) is 10.2. The van der Waals surface area contributed by atoms with Crippen LogP contribution in [-0.4, -0.2) is 70.9 Å². The average Bonchev–Trinajstić information content (AvgIpc) is 3.52. The van der Waals surface area contributed by atoms with Gasteiger partial charge in [0.1, 0.15) is 0 Å². The van der Waals surface area contributed by atoms with Gasteiger partial charge in [-0.15, -0.1) is 37.2 Å². The molecule has 0 unspecified atom stereocenters. The zero-order chi connectivity index (χ0) is 27.2. The molecule has 2 aromatic carbocycles. The summed E-state index contributed by atoms with van der Waals surface area (Å²) in [5.41, 5.74) is 6.39. The number of hydrogen-bond donors (Lipinski definition) is 2. The van der Waals surface area contributed by atoms with Crippen LogP contribution < -0.4 is 15.5 Å². The summed E-state index contributed by atoms with van der Waals surface area (Å²) in [4.78, 5) is 28.2. The fourth-order valence-corrected chi connectivity index (χ4v) is 4.73. The van der Waals surface area contributed by atoms with Gasteiger partial charge in [0.25, 0.3) is 5.91 Å². The van der Waals surface area contributed by atoms with Crippen molar-refractivity contribution in [3.05, 3.63) is 71.5 Å². The number of anilines is 1. The van der Waals surface area contributed by atoms with Gasteiger partial charge in [0.15, 0.2) is 0 Å². The number of aryl methyl sites for hydroxylation is 2. The van der Waals surface area contributed by atoms with Gasteiger partial charge in [0.05, 0.1) is 19.3 Å². The number of aromatic nitrogens is 2. The summed E-state index contributed by atoms with van der Waals surface area (Å²) < 4.78 is 1.77. The molecule has 9 nitrogen and oxygen atoms in total. The molecule has 2 amide bonds. The topological polar surface area (TPSA) is 85.7 Å². The molecule has 1 aromatic heterocycles. The Balaban J connectivity index is 0.00000280. The summed E-state index contributed by atoms with van der Waals surface area (Å²) in [6.07, 6.45) is 3.80. The molecule has 12 heteroatoms. The van der Waals surface area contributed by atoms with Crippen LogP contribution >= 0.6 is 37.2 Å². The van der Waals surface area contributed by atoms with Crippen molar-refractivity contribution >= 4 is 54.7 Å². The van der Waals surface area contributed by atoms with Crippen molar-refractivity contribution in [1.82, 2.24) is 30.4 Å². The molecular weight excluding hydrogens is 585 g/mol. The Labute approximate surface area is 261 Å². The van der Waals surface area contributed by atoms with Gasteiger partial charge < -0.3 is 15.5 Å². The number of benzene rings is 2. The average molecular weight is 627 g/mol. The molecule has 0 aliphatic carbocycles. The smallest absolute Gasteiger partial charge is 0.256 e. The quantitative estimate of drug-likeness (QED) is 0.314. The van der Waals surface area contributed by atoms with Crippen molar-refractivity contribution in [2.45, 2.75) is 39.9 Å². The number of nitrogens with zero attached hydrogens (tertiary/aromatic N) is 5. The predicted octanol–water partition coefficient (Wildman–Crippen LogP) is 3.97. The van der Waals surface area contributed by atoms with E-state index in [0.717, 1.165) is 22.4 Å². The highest BCUT2D eigenvalue weighted by Gasteiger charge is 2.27. The normalized spacial score (nSPS) is 12.0. The van der Waals surface area contributed by atoms with Crippen molar-refractivity contribution in [2.75, 3.05) is 38.1 Å². The van der Waals surface area contributed by atoms with Crippen LogP contribution in [0, 0.1) is 6.92 Å². The highest BCUT2D eigenvalue weighted by Crippen LogP contribution is 2.28. The number of amides is 2. The summed E-state index contributed by atoms with van der Waals surface area (Å²) >= 11 is 0. The number of halogens is 3. The summed E-state index contributed by atoms with van der Waals surface area (Å²) in [5, 5.41) is 14.3. The molecule has 4 rings (SSSR count). The third-order valence-electron chi connectivity index (χ3n) is 6.85. The van der Waals surface area contributed by atoms with Crippen LogP contribution in [0.5, 0.6) is 0 Å². The number of hydrogen-bond acceptors (Lipinski definition) is 6. The lowest BCUT2D eigenvalue weighted by molar-refractivity contribution is -0.145. The zero-order valence-electron chi connectivity index (χ0n) is 24.3. The van der Waals surface area contributed by atoms with Gasteiger partial charge in [-0.05, 0) is 41.3 Å². The molecule has 0 fully saturated rings. The van der Waals surface area contributed by atoms with Gasteiger partial charge in [-0.2, -0.15) is 5.10 Å². The highest BCUT2D eigenvalue weighted by atomic mass is 35.5. The maximum Gasteiger partial charge on any atom is 0.256 e. The minimum atomic E-state index is -0.115. The Bertz CT molecular complexity index is 1260. The van der Waals surface area contributed by atoms with E-state index in [0.29, 0.717) is 32.2 Å². The lowest BCUT2D eigenvalue weighted by Gasteiger charge is -2.32. The van der Waals surface area contributed by atoms with E-state index in [4.69, 9.17) is 0 Å². The summed E-state index contributed by atoms with van der Waals surface area (Å²) in [6, 6.07) is 14.7. The second kappa shape index (κ2) is 16.6. The first-order chi connectivity index (χ1) is 18.2. The molecule has 0 bridgehead atoms. The number of carbonyl (C=O) groups is 2. The molecule has 0 radical (unpaired) electrons. The SMILES string of the molecule is Cc1cc(-c2cnn(C)c2)ccc1N(CC(=O)NCCNC(C)C)CC(=O)N(C)N1Cc2ccccc2C1.Cl.Cl.Cl. The molecule has 1 aliphatic rings. The fraction of sp³-hybridized carbons (Fsp3) is 0.414. The van der Waals surface area contributed by atoms with Gasteiger partial charge in [0.2, 0.25) is 5.91 Å². The standard InChI is InChI=1S/C29H39N7O2.3ClH/c1-21(2)30-12-13-31-28(37)19-35(27-11-10-23(14-22(27)3)26-15-32-33(4)16-26)20-29(38)34(5)36-17-24-8-6-7-9-25(24)18-36;;;/h6-11,14-16,21,30H,12-13,17-20H2,1-5H3,(H,31,37);3*1H. The van der Waals surface area contributed by atoms with Gasteiger partial charge in [-0.3, -0.25) is 19.3 Å². The van der Waals surface area contributed by atoms with Crippen molar-refractivity contribution in [1.29, 1.82) is 0 Å². The molecule has 3 aromatic rings. The monoisotopic (exact) mass is 625 g/mol. The predicted molar refractivity (Wildman–Crippen MR) is 172 cm³/mol. The second-order valence-electron chi connectivity index (χ2n) is 10.2. The number of fused-ring (bicyclic) bond motifs is 1. The summed E-state index contributed by atoms with van der Waals surface area (Å²) in [5.74, 6) is -0.182. The number of carbonyl (C=O) groups excluding carboxylic acids is 2. The molecule has 0 saturated heterocycles. The fourth-order valence-electron chi connectivity index (χ4n) is 4.73. The van der Waals surface area contributed by atoms with E-state index < -0.39 is 0 Å². The Hall–Kier alpha value is -2.82. The third kappa shape index (κ3) is 9.61.